The highest BCUT2D eigenvalue weighted by Crippen LogP contribution is 2.42. The van der Waals surface area contributed by atoms with Crippen molar-refractivity contribution in [1.29, 1.82) is 0 Å². The van der Waals surface area contributed by atoms with E-state index in [-0.39, 0.29) is 0 Å². The van der Waals surface area contributed by atoms with E-state index >= 15 is 0 Å². The molecule has 0 aliphatic carbocycles. The van der Waals surface area contributed by atoms with Crippen LogP contribution in [0.5, 0.6) is 0 Å². The summed E-state index contributed by atoms with van der Waals surface area (Å²) in [5.74, 6) is 1.97. The first-order valence-electron chi connectivity index (χ1n) is 18.7. The zero-order valence-electron chi connectivity index (χ0n) is 30.1. The van der Waals surface area contributed by atoms with E-state index in [1.165, 1.54) is 68.2 Å². The minimum Gasteiger partial charge on any atom is -0.208 e. The molecule has 0 saturated heterocycles. The van der Waals surface area contributed by atoms with Crippen LogP contribution < -0.4 is 0 Å². The molecule has 0 atom stereocenters. The number of nitrogens with zero attached hydrogens (tertiary/aromatic N) is 3. The quantitative estimate of drug-likeness (QED) is 0.170. The zero-order valence-corrected chi connectivity index (χ0v) is 31.7. The van der Waals surface area contributed by atoms with Gasteiger partial charge in [0.05, 0.1) is 0 Å². The molecule has 0 fully saturated rings. The first-order chi connectivity index (χ1) is 27.7. The highest BCUT2D eigenvalue weighted by atomic mass is 32.1. The van der Waals surface area contributed by atoms with Crippen molar-refractivity contribution in [2.45, 2.75) is 0 Å². The summed E-state index contributed by atoms with van der Waals surface area (Å²) in [6, 6.07) is 66.9. The summed E-state index contributed by atoms with van der Waals surface area (Å²) >= 11 is 3.66. The van der Waals surface area contributed by atoms with Gasteiger partial charge in [-0.1, -0.05) is 140 Å². The van der Waals surface area contributed by atoms with Gasteiger partial charge in [0.1, 0.15) is 0 Å². The van der Waals surface area contributed by atoms with Gasteiger partial charge in [0.2, 0.25) is 0 Å². The van der Waals surface area contributed by atoms with Crippen LogP contribution in [0.3, 0.4) is 0 Å². The highest BCUT2D eigenvalue weighted by molar-refractivity contribution is 7.26. The van der Waals surface area contributed by atoms with Crippen molar-refractivity contribution in [2.24, 2.45) is 0 Å². The Bertz CT molecular complexity index is 3250. The SMILES string of the molecule is c1ccc(-c2cccc(-c3ccc4sc5c(-c6cccc(-c7nc(-c8ccccc8)nc(-c8ccc9sc%10ccccc%10c9c8)n7)c6)cccc5c4c3)c2)cc1. The zero-order chi connectivity index (χ0) is 37.0. The van der Waals surface area contributed by atoms with E-state index < -0.39 is 0 Å². The number of benzene rings is 8. The Morgan fingerprint density at radius 2 is 0.732 bits per heavy atom. The Morgan fingerprint density at radius 3 is 1.52 bits per heavy atom. The smallest absolute Gasteiger partial charge is 0.164 e. The van der Waals surface area contributed by atoms with E-state index in [1.807, 2.05) is 40.9 Å². The molecule has 262 valence electrons. The molecule has 3 nitrogen and oxygen atoms in total. The van der Waals surface area contributed by atoms with Crippen LogP contribution in [0.4, 0.5) is 0 Å². The summed E-state index contributed by atoms with van der Waals surface area (Å²) in [5.41, 5.74) is 10.1. The summed E-state index contributed by atoms with van der Waals surface area (Å²) < 4.78 is 5.08. The number of hydrogen-bond donors (Lipinski definition) is 0. The second kappa shape index (κ2) is 13.5. The van der Waals surface area contributed by atoms with Gasteiger partial charge in [-0.2, -0.15) is 0 Å². The molecule has 0 aliphatic rings. The van der Waals surface area contributed by atoms with E-state index in [0.29, 0.717) is 17.5 Å². The van der Waals surface area contributed by atoms with Gasteiger partial charge in [0.15, 0.2) is 17.5 Å². The summed E-state index contributed by atoms with van der Waals surface area (Å²) in [6.45, 7) is 0. The Hall–Kier alpha value is -6.79. The third-order valence-corrected chi connectivity index (χ3v) is 12.9. The monoisotopic (exact) mass is 749 g/mol. The van der Waals surface area contributed by atoms with E-state index in [2.05, 4.69) is 170 Å². The third kappa shape index (κ3) is 5.77. The van der Waals surface area contributed by atoms with Crippen molar-refractivity contribution >= 4 is 63.0 Å². The lowest BCUT2D eigenvalue weighted by Gasteiger charge is -2.10. The van der Waals surface area contributed by atoms with Crippen molar-refractivity contribution in [3.8, 4) is 67.5 Å². The lowest BCUT2D eigenvalue weighted by atomic mass is 9.97. The predicted octanol–water partition coefficient (Wildman–Crippen LogP) is 14.6. The average Bonchev–Trinajstić information content (AvgIpc) is 3.85. The molecule has 0 spiro atoms. The van der Waals surface area contributed by atoms with Gasteiger partial charge in [-0.3, -0.25) is 0 Å². The Kier molecular flexibility index (Phi) is 7.87. The number of aromatic nitrogens is 3. The fourth-order valence-electron chi connectivity index (χ4n) is 7.76. The van der Waals surface area contributed by atoms with Crippen LogP contribution in [0, 0.1) is 0 Å². The Balaban J connectivity index is 1.01. The predicted molar refractivity (Wildman–Crippen MR) is 238 cm³/mol. The van der Waals surface area contributed by atoms with Crippen LogP contribution >= 0.6 is 22.7 Å². The first kappa shape index (κ1) is 32.6. The minimum atomic E-state index is 0.650. The number of hydrogen-bond acceptors (Lipinski definition) is 5. The fraction of sp³-hybridized carbons (Fsp3) is 0. The van der Waals surface area contributed by atoms with Gasteiger partial charge < -0.3 is 0 Å². The molecule has 3 heterocycles. The molecule has 0 bridgehead atoms. The normalized spacial score (nSPS) is 11.6. The molecule has 0 amide bonds. The molecular formula is C51H31N3S2. The van der Waals surface area contributed by atoms with Crippen LogP contribution in [0.15, 0.2) is 188 Å². The van der Waals surface area contributed by atoms with Gasteiger partial charge >= 0.3 is 0 Å². The molecule has 0 radical (unpaired) electrons. The molecule has 11 aromatic rings. The molecule has 56 heavy (non-hydrogen) atoms. The lowest BCUT2D eigenvalue weighted by molar-refractivity contribution is 1.07. The fourth-order valence-corrected chi connectivity index (χ4v) is 10.1. The Morgan fingerprint density at radius 1 is 0.268 bits per heavy atom. The standard InChI is InChI=1S/C51H31N3S2/c1-3-12-32(13-4-1)34-16-9-17-35(28-34)36-24-26-47-44(30-36)42-22-11-21-40(48(42)56-47)37-18-10-19-38(29-37)50-52-49(33-14-5-2-6-15-33)53-51(54-50)39-25-27-46-43(31-39)41-20-7-8-23-45(41)55-46/h1-31H. The van der Waals surface area contributed by atoms with Gasteiger partial charge in [0.25, 0.3) is 0 Å². The van der Waals surface area contributed by atoms with Crippen molar-refractivity contribution in [2.75, 3.05) is 0 Å². The highest BCUT2D eigenvalue weighted by Gasteiger charge is 2.17. The van der Waals surface area contributed by atoms with E-state index in [9.17, 15) is 0 Å². The topological polar surface area (TPSA) is 38.7 Å². The van der Waals surface area contributed by atoms with Crippen LogP contribution in [0.25, 0.3) is 108 Å². The van der Waals surface area contributed by atoms with Crippen molar-refractivity contribution in [1.82, 2.24) is 15.0 Å². The van der Waals surface area contributed by atoms with Crippen LogP contribution in [-0.2, 0) is 0 Å². The number of rotatable bonds is 6. The molecule has 0 unspecified atom stereocenters. The largest absolute Gasteiger partial charge is 0.208 e. The Labute approximate surface area is 331 Å². The summed E-state index contributed by atoms with van der Waals surface area (Å²) in [5, 5.41) is 5.01. The van der Waals surface area contributed by atoms with Crippen molar-refractivity contribution < 1.29 is 0 Å². The molecule has 3 aromatic heterocycles. The lowest BCUT2D eigenvalue weighted by Crippen LogP contribution is -2.00. The molecule has 11 rings (SSSR count). The van der Waals surface area contributed by atoms with Crippen LogP contribution in [0.1, 0.15) is 0 Å². The molecule has 0 aliphatic heterocycles. The van der Waals surface area contributed by atoms with Gasteiger partial charge in [-0.05, 0) is 81.9 Å². The summed E-state index contributed by atoms with van der Waals surface area (Å²) in [4.78, 5) is 15.3. The number of thiophene rings is 2. The maximum Gasteiger partial charge on any atom is 0.164 e. The maximum absolute atomic E-state index is 5.15. The van der Waals surface area contributed by atoms with Gasteiger partial charge in [-0.25, -0.2) is 15.0 Å². The van der Waals surface area contributed by atoms with Crippen molar-refractivity contribution in [3.05, 3.63) is 188 Å². The number of fused-ring (bicyclic) bond motifs is 6. The second-order valence-electron chi connectivity index (χ2n) is 14.0. The molecular weight excluding hydrogens is 719 g/mol. The molecule has 8 aromatic carbocycles. The van der Waals surface area contributed by atoms with Gasteiger partial charge in [-0.15, -0.1) is 22.7 Å². The van der Waals surface area contributed by atoms with E-state index in [1.54, 1.807) is 0 Å². The molecule has 0 saturated carbocycles. The third-order valence-electron chi connectivity index (χ3n) is 10.5. The van der Waals surface area contributed by atoms with Crippen LogP contribution in [0.2, 0.25) is 0 Å². The molecule has 5 heteroatoms. The van der Waals surface area contributed by atoms with E-state index in [0.717, 1.165) is 22.3 Å². The summed E-state index contributed by atoms with van der Waals surface area (Å²) in [6.07, 6.45) is 0. The molecule has 0 N–H and O–H groups in total. The van der Waals surface area contributed by atoms with E-state index in [4.69, 9.17) is 15.0 Å². The maximum atomic E-state index is 5.15. The van der Waals surface area contributed by atoms with Crippen LogP contribution in [-0.4, -0.2) is 15.0 Å². The average molecular weight is 750 g/mol. The first-order valence-corrected chi connectivity index (χ1v) is 20.3. The van der Waals surface area contributed by atoms with Crippen molar-refractivity contribution in [3.63, 3.8) is 0 Å². The second-order valence-corrected chi connectivity index (χ2v) is 16.1. The van der Waals surface area contributed by atoms with Gasteiger partial charge in [0, 0.05) is 57.0 Å². The minimum absolute atomic E-state index is 0.650. The summed E-state index contributed by atoms with van der Waals surface area (Å²) in [7, 11) is 0.